The zero-order chi connectivity index (χ0) is 17.2. The molecular weight excluding hydrogens is 316 g/mol. The summed E-state index contributed by atoms with van der Waals surface area (Å²) in [4.78, 5) is 17.3. The van der Waals surface area contributed by atoms with E-state index in [-0.39, 0.29) is 11.7 Å². The third-order valence-electron chi connectivity index (χ3n) is 4.81. The second-order valence-electron chi connectivity index (χ2n) is 6.61. The fourth-order valence-electron chi connectivity index (χ4n) is 3.38. The van der Waals surface area contributed by atoms with Crippen molar-refractivity contribution in [2.45, 2.75) is 25.5 Å². The Balaban J connectivity index is 1.36. The highest BCUT2D eigenvalue weighted by Crippen LogP contribution is 2.27. The predicted octanol–water partition coefficient (Wildman–Crippen LogP) is 2.31. The summed E-state index contributed by atoms with van der Waals surface area (Å²) in [6, 6.07) is 9.84. The van der Waals surface area contributed by atoms with E-state index in [1.165, 1.54) is 4.68 Å². The molecule has 0 spiro atoms. The Morgan fingerprint density at radius 2 is 2.12 bits per heavy atom. The van der Waals surface area contributed by atoms with Crippen LogP contribution in [0.25, 0.3) is 10.9 Å². The molecule has 0 unspecified atom stereocenters. The van der Waals surface area contributed by atoms with E-state index < -0.39 is 0 Å². The van der Waals surface area contributed by atoms with Crippen LogP contribution in [0.1, 0.15) is 18.4 Å². The second-order valence-corrected chi connectivity index (χ2v) is 6.61. The number of likely N-dealkylation sites (tertiary alicyclic amines) is 1. The van der Waals surface area contributed by atoms with E-state index in [1.54, 1.807) is 19.3 Å². The van der Waals surface area contributed by atoms with E-state index in [4.69, 9.17) is 4.74 Å². The zero-order valence-electron chi connectivity index (χ0n) is 14.3. The van der Waals surface area contributed by atoms with Crippen molar-refractivity contribution in [2.24, 2.45) is 7.05 Å². The summed E-state index contributed by atoms with van der Waals surface area (Å²) in [5, 5.41) is 5.22. The number of piperidine rings is 1. The number of H-pyrrole nitrogens is 1. The number of nitrogens with zero attached hydrogens (tertiary/aromatic N) is 3. The summed E-state index contributed by atoms with van der Waals surface area (Å²) in [7, 11) is 1.67. The van der Waals surface area contributed by atoms with Crippen LogP contribution in [-0.4, -0.2) is 38.9 Å². The van der Waals surface area contributed by atoms with Gasteiger partial charge in [-0.15, -0.1) is 0 Å². The number of aromatic amines is 1. The molecular formula is C19H22N4O2. The molecule has 1 saturated heterocycles. The zero-order valence-corrected chi connectivity index (χ0v) is 14.3. The number of nitrogens with one attached hydrogen (secondary N) is 1. The van der Waals surface area contributed by atoms with Crippen molar-refractivity contribution in [1.82, 2.24) is 19.7 Å². The molecule has 3 aromatic rings. The summed E-state index contributed by atoms with van der Waals surface area (Å²) in [5.41, 5.74) is 2.02. The van der Waals surface area contributed by atoms with Crippen molar-refractivity contribution >= 4 is 10.9 Å². The summed E-state index contributed by atoms with van der Waals surface area (Å²) in [6.07, 6.45) is 5.92. The molecule has 1 aliphatic rings. The third kappa shape index (κ3) is 3.44. The average Bonchev–Trinajstić information content (AvgIpc) is 3.10. The third-order valence-corrected chi connectivity index (χ3v) is 4.81. The van der Waals surface area contributed by atoms with Crippen molar-refractivity contribution in [3.8, 4) is 5.75 Å². The molecule has 1 N–H and O–H groups in total. The van der Waals surface area contributed by atoms with Crippen LogP contribution in [0.2, 0.25) is 0 Å². The van der Waals surface area contributed by atoms with E-state index in [0.717, 1.165) is 54.7 Å². The van der Waals surface area contributed by atoms with Crippen LogP contribution in [0.15, 0.2) is 47.5 Å². The SMILES string of the molecule is Cn1ncc(CN2CCC(Oc3cccc4[nH]ccc34)CC2)cc1=O. The van der Waals surface area contributed by atoms with Gasteiger partial charge >= 0.3 is 0 Å². The van der Waals surface area contributed by atoms with Crippen molar-refractivity contribution < 1.29 is 4.74 Å². The molecule has 6 nitrogen and oxygen atoms in total. The molecule has 130 valence electrons. The molecule has 1 aliphatic heterocycles. The van der Waals surface area contributed by atoms with Crippen molar-refractivity contribution in [1.29, 1.82) is 0 Å². The molecule has 3 heterocycles. The number of hydrogen-bond acceptors (Lipinski definition) is 4. The Kier molecular flexibility index (Phi) is 4.28. The molecule has 25 heavy (non-hydrogen) atoms. The molecule has 0 radical (unpaired) electrons. The fraction of sp³-hybridized carbons (Fsp3) is 0.368. The van der Waals surface area contributed by atoms with Crippen LogP contribution in [0, 0.1) is 0 Å². The highest BCUT2D eigenvalue weighted by atomic mass is 16.5. The first-order chi connectivity index (χ1) is 12.2. The van der Waals surface area contributed by atoms with Gasteiger partial charge in [0.05, 0.1) is 6.20 Å². The Hall–Kier alpha value is -2.60. The first-order valence-corrected chi connectivity index (χ1v) is 8.66. The molecule has 0 saturated carbocycles. The molecule has 0 aliphatic carbocycles. The minimum Gasteiger partial charge on any atom is -0.490 e. The van der Waals surface area contributed by atoms with Crippen molar-refractivity contribution in [3.05, 3.63) is 58.6 Å². The molecule has 4 rings (SSSR count). The van der Waals surface area contributed by atoms with Gasteiger partial charge in [-0.05, 0) is 36.6 Å². The van der Waals surface area contributed by atoms with E-state index in [2.05, 4.69) is 27.1 Å². The number of rotatable bonds is 4. The molecule has 1 fully saturated rings. The van der Waals surface area contributed by atoms with E-state index in [9.17, 15) is 4.79 Å². The van der Waals surface area contributed by atoms with Gasteiger partial charge in [0, 0.05) is 49.8 Å². The van der Waals surface area contributed by atoms with Crippen LogP contribution in [0.5, 0.6) is 5.75 Å². The summed E-state index contributed by atoms with van der Waals surface area (Å²) >= 11 is 0. The van der Waals surface area contributed by atoms with E-state index in [0.29, 0.717) is 0 Å². The summed E-state index contributed by atoms with van der Waals surface area (Å²) in [5.74, 6) is 0.952. The molecule has 2 aromatic heterocycles. The van der Waals surface area contributed by atoms with Crippen molar-refractivity contribution in [3.63, 3.8) is 0 Å². The predicted molar refractivity (Wildman–Crippen MR) is 96.7 cm³/mol. The van der Waals surface area contributed by atoms with Crippen molar-refractivity contribution in [2.75, 3.05) is 13.1 Å². The lowest BCUT2D eigenvalue weighted by Crippen LogP contribution is -2.38. The van der Waals surface area contributed by atoms with Gasteiger partial charge < -0.3 is 9.72 Å². The number of fused-ring (bicyclic) bond motifs is 1. The lowest BCUT2D eigenvalue weighted by Gasteiger charge is -2.32. The maximum Gasteiger partial charge on any atom is 0.266 e. The van der Waals surface area contributed by atoms with Gasteiger partial charge in [0.1, 0.15) is 11.9 Å². The van der Waals surface area contributed by atoms with Crippen LogP contribution in [0.4, 0.5) is 0 Å². The van der Waals surface area contributed by atoms with Crippen LogP contribution in [0.3, 0.4) is 0 Å². The quantitative estimate of drug-likeness (QED) is 0.793. The second kappa shape index (κ2) is 6.72. The van der Waals surface area contributed by atoms with E-state index >= 15 is 0 Å². The smallest absolute Gasteiger partial charge is 0.266 e. The lowest BCUT2D eigenvalue weighted by atomic mass is 10.1. The molecule has 0 amide bonds. The molecule has 0 bridgehead atoms. The molecule has 6 heteroatoms. The maximum atomic E-state index is 11.7. The number of aromatic nitrogens is 3. The van der Waals surface area contributed by atoms with Crippen LogP contribution in [-0.2, 0) is 13.6 Å². The van der Waals surface area contributed by atoms with Gasteiger partial charge in [-0.1, -0.05) is 6.07 Å². The Labute approximate surface area is 146 Å². The summed E-state index contributed by atoms with van der Waals surface area (Å²) < 4.78 is 7.60. The monoisotopic (exact) mass is 338 g/mol. The fourth-order valence-corrected chi connectivity index (χ4v) is 3.38. The topological polar surface area (TPSA) is 63.1 Å². The average molecular weight is 338 g/mol. The normalized spacial score (nSPS) is 16.4. The van der Waals surface area contributed by atoms with Crippen LogP contribution < -0.4 is 10.3 Å². The standard InChI is InChI=1S/C19H22N4O2/c1-22-19(24)11-14(12-21-22)13-23-9-6-15(7-10-23)25-18-4-2-3-17-16(18)5-8-20-17/h2-5,8,11-12,15,20H,6-7,9-10,13H2,1H3. The van der Waals surface area contributed by atoms with Gasteiger partial charge in [0.15, 0.2) is 0 Å². The summed E-state index contributed by atoms with van der Waals surface area (Å²) in [6.45, 7) is 2.69. The van der Waals surface area contributed by atoms with E-state index in [1.807, 2.05) is 18.3 Å². The number of hydrogen-bond donors (Lipinski definition) is 1. The van der Waals surface area contributed by atoms with Gasteiger partial charge in [-0.25, -0.2) is 4.68 Å². The minimum absolute atomic E-state index is 0.0599. The molecule has 1 aromatic carbocycles. The Morgan fingerprint density at radius 1 is 1.28 bits per heavy atom. The minimum atomic E-state index is -0.0599. The van der Waals surface area contributed by atoms with Gasteiger partial charge in [0.2, 0.25) is 0 Å². The van der Waals surface area contributed by atoms with Gasteiger partial charge in [-0.3, -0.25) is 9.69 Å². The highest BCUT2D eigenvalue weighted by molar-refractivity contribution is 5.85. The first kappa shape index (κ1) is 15.9. The highest BCUT2D eigenvalue weighted by Gasteiger charge is 2.21. The number of benzene rings is 1. The number of aryl methyl sites for hydroxylation is 1. The first-order valence-electron chi connectivity index (χ1n) is 8.66. The van der Waals surface area contributed by atoms with Gasteiger partial charge in [-0.2, -0.15) is 5.10 Å². The Morgan fingerprint density at radius 3 is 2.92 bits per heavy atom. The lowest BCUT2D eigenvalue weighted by molar-refractivity contribution is 0.0978. The van der Waals surface area contributed by atoms with Crippen LogP contribution >= 0.6 is 0 Å². The molecule has 0 atom stereocenters. The van der Waals surface area contributed by atoms with Gasteiger partial charge in [0.25, 0.3) is 5.56 Å². The Bertz CT molecular complexity index is 922. The largest absolute Gasteiger partial charge is 0.490 e. The maximum absolute atomic E-state index is 11.7. The number of ether oxygens (including phenoxy) is 1.